The molecule has 0 radical (unpaired) electrons. The van der Waals surface area contributed by atoms with Gasteiger partial charge in [-0.25, -0.2) is 4.98 Å². The highest BCUT2D eigenvalue weighted by Gasteiger charge is 2.13. The maximum absolute atomic E-state index is 12.3. The minimum Gasteiger partial charge on any atom is -0.274 e. The SMILES string of the molecule is CCc1nn2c(=O)cc(CSc3nnc(C)n3-c3ccc(C)cc3)nc2s1. The van der Waals surface area contributed by atoms with Gasteiger partial charge >= 0.3 is 0 Å². The highest BCUT2D eigenvalue weighted by atomic mass is 32.2. The van der Waals surface area contributed by atoms with Gasteiger partial charge in [-0.3, -0.25) is 9.36 Å². The fraction of sp³-hybridized carbons (Fsp3) is 0.278. The molecule has 4 rings (SSSR count). The number of benzene rings is 1. The standard InChI is InChI=1S/C18H18N6OS2/c1-4-15-22-24-16(25)9-13(19-17(24)27-15)10-26-18-21-20-12(3)23(18)14-7-5-11(2)6-8-14/h5-9H,4,10H2,1-3H3. The summed E-state index contributed by atoms with van der Waals surface area (Å²) in [6.45, 7) is 6.00. The second-order valence-corrected chi connectivity index (χ2v) is 8.10. The van der Waals surface area contributed by atoms with Gasteiger partial charge in [-0.1, -0.05) is 47.7 Å². The van der Waals surface area contributed by atoms with Crippen molar-refractivity contribution in [3.05, 3.63) is 62.8 Å². The molecule has 0 aliphatic rings. The van der Waals surface area contributed by atoms with Crippen LogP contribution < -0.4 is 5.56 Å². The van der Waals surface area contributed by atoms with Gasteiger partial charge in [0.2, 0.25) is 4.96 Å². The van der Waals surface area contributed by atoms with E-state index < -0.39 is 0 Å². The molecule has 0 unspecified atom stereocenters. The van der Waals surface area contributed by atoms with Crippen molar-refractivity contribution in [1.29, 1.82) is 0 Å². The number of thioether (sulfide) groups is 1. The summed E-state index contributed by atoms with van der Waals surface area (Å²) < 4.78 is 3.38. The van der Waals surface area contributed by atoms with Crippen LogP contribution in [-0.4, -0.2) is 29.4 Å². The molecule has 0 saturated carbocycles. The second kappa shape index (κ2) is 7.24. The molecule has 0 aliphatic heterocycles. The van der Waals surface area contributed by atoms with E-state index in [-0.39, 0.29) is 5.56 Å². The molecule has 9 heteroatoms. The Morgan fingerprint density at radius 2 is 1.93 bits per heavy atom. The zero-order chi connectivity index (χ0) is 19.0. The van der Waals surface area contributed by atoms with Crippen LogP contribution in [0.15, 0.2) is 40.3 Å². The van der Waals surface area contributed by atoms with E-state index in [1.54, 1.807) is 6.07 Å². The number of aromatic nitrogens is 6. The van der Waals surface area contributed by atoms with Gasteiger partial charge in [0.1, 0.15) is 10.8 Å². The van der Waals surface area contributed by atoms with Crippen LogP contribution in [0.4, 0.5) is 0 Å². The molecule has 0 bridgehead atoms. The third-order valence-corrected chi connectivity index (χ3v) is 6.09. The van der Waals surface area contributed by atoms with E-state index >= 15 is 0 Å². The lowest BCUT2D eigenvalue weighted by atomic mass is 10.2. The highest BCUT2D eigenvalue weighted by molar-refractivity contribution is 7.98. The summed E-state index contributed by atoms with van der Waals surface area (Å²) in [6.07, 6.45) is 0.788. The molecular formula is C18H18N6OS2. The van der Waals surface area contributed by atoms with E-state index in [0.29, 0.717) is 16.4 Å². The van der Waals surface area contributed by atoms with E-state index in [4.69, 9.17) is 0 Å². The second-order valence-electron chi connectivity index (χ2n) is 6.12. The van der Waals surface area contributed by atoms with E-state index in [0.717, 1.165) is 28.1 Å². The lowest BCUT2D eigenvalue weighted by Crippen LogP contribution is -2.15. The van der Waals surface area contributed by atoms with Crippen molar-refractivity contribution in [2.75, 3.05) is 0 Å². The third kappa shape index (κ3) is 3.52. The first-order chi connectivity index (χ1) is 13.0. The van der Waals surface area contributed by atoms with E-state index in [9.17, 15) is 4.79 Å². The van der Waals surface area contributed by atoms with E-state index in [1.165, 1.54) is 33.2 Å². The number of nitrogens with zero attached hydrogens (tertiary/aromatic N) is 6. The summed E-state index contributed by atoms with van der Waals surface area (Å²) >= 11 is 2.96. The predicted octanol–water partition coefficient (Wildman–Crippen LogP) is 3.20. The monoisotopic (exact) mass is 398 g/mol. The Morgan fingerprint density at radius 3 is 2.67 bits per heavy atom. The first-order valence-corrected chi connectivity index (χ1v) is 10.4. The summed E-state index contributed by atoms with van der Waals surface area (Å²) in [5.74, 6) is 1.36. The van der Waals surface area contributed by atoms with Crippen molar-refractivity contribution >= 4 is 28.1 Å². The smallest absolute Gasteiger partial charge is 0.274 e. The Morgan fingerprint density at radius 1 is 1.15 bits per heavy atom. The number of aryl methyl sites for hydroxylation is 3. The van der Waals surface area contributed by atoms with Crippen LogP contribution in [0.25, 0.3) is 10.6 Å². The van der Waals surface area contributed by atoms with Crippen molar-refractivity contribution in [3.63, 3.8) is 0 Å². The van der Waals surface area contributed by atoms with Crippen molar-refractivity contribution in [3.8, 4) is 5.69 Å². The number of fused-ring (bicyclic) bond motifs is 1. The molecule has 7 nitrogen and oxygen atoms in total. The van der Waals surface area contributed by atoms with E-state index in [1.807, 2.05) is 18.4 Å². The Balaban J connectivity index is 1.62. The van der Waals surface area contributed by atoms with Gasteiger partial charge in [-0.2, -0.15) is 9.61 Å². The van der Waals surface area contributed by atoms with Gasteiger partial charge in [-0.15, -0.1) is 10.2 Å². The van der Waals surface area contributed by atoms with Gasteiger partial charge < -0.3 is 0 Å². The number of rotatable bonds is 5. The Kier molecular flexibility index (Phi) is 4.79. The molecule has 138 valence electrons. The molecule has 3 aromatic heterocycles. The predicted molar refractivity (Wildman–Crippen MR) is 107 cm³/mol. The quantitative estimate of drug-likeness (QED) is 0.481. The first kappa shape index (κ1) is 17.9. The first-order valence-electron chi connectivity index (χ1n) is 8.55. The highest BCUT2D eigenvalue weighted by Crippen LogP contribution is 2.25. The lowest BCUT2D eigenvalue weighted by molar-refractivity contribution is 0.849. The molecule has 27 heavy (non-hydrogen) atoms. The van der Waals surface area contributed by atoms with Crippen LogP contribution in [0.1, 0.15) is 29.0 Å². The Hall–Kier alpha value is -2.52. The van der Waals surface area contributed by atoms with Crippen LogP contribution >= 0.6 is 23.1 Å². The Bertz CT molecular complexity index is 1160. The molecule has 4 aromatic rings. The molecule has 1 aromatic carbocycles. The maximum atomic E-state index is 12.3. The molecule has 0 N–H and O–H groups in total. The number of hydrogen-bond donors (Lipinski definition) is 0. The summed E-state index contributed by atoms with van der Waals surface area (Å²) in [5, 5.41) is 14.5. The van der Waals surface area contributed by atoms with Crippen LogP contribution in [0.2, 0.25) is 0 Å². The summed E-state index contributed by atoms with van der Waals surface area (Å²) in [7, 11) is 0. The largest absolute Gasteiger partial charge is 0.275 e. The molecule has 0 atom stereocenters. The van der Waals surface area contributed by atoms with Gasteiger partial charge in [0, 0.05) is 17.5 Å². The van der Waals surface area contributed by atoms with E-state index in [2.05, 4.69) is 51.5 Å². The zero-order valence-corrected chi connectivity index (χ0v) is 16.8. The molecular weight excluding hydrogens is 380 g/mol. The fourth-order valence-electron chi connectivity index (χ4n) is 2.68. The maximum Gasteiger partial charge on any atom is 0.275 e. The minimum atomic E-state index is -0.150. The molecule has 0 fully saturated rings. The molecule has 3 heterocycles. The van der Waals surface area contributed by atoms with Crippen LogP contribution in [0.5, 0.6) is 0 Å². The molecule has 0 amide bonds. The van der Waals surface area contributed by atoms with Crippen molar-refractivity contribution in [2.24, 2.45) is 0 Å². The van der Waals surface area contributed by atoms with Gasteiger partial charge in [0.15, 0.2) is 5.16 Å². The van der Waals surface area contributed by atoms with Crippen LogP contribution in [0, 0.1) is 13.8 Å². The number of hydrogen-bond acceptors (Lipinski definition) is 7. The normalized spacial score (nSPS) is 11.4. The van der Waals surface area contributed by atoms with Crippen molar-refractivity contribution in [1.82, 2.24) is 29.4 Å². The van der Waals surface area contributed by atoms with Crippen molar-refractivity contribution in [2.45, 2.75) is 38.1 Å². The molecule has 0 aliphatic carbocycles. The average molecular weight is 399 g/mol. The van der Waals surface area contributed by atoms with Crippen molar-refractivity contribution < 1.29 is 0 Å². The summed E-state index contributed by atoms with van der Waals surface area (Å²) in [6, 6.07) is 9.77. The topological polar surface area (TPSA) is 78.0 Å². The average Bonchev–Trinajstić information content (AvgIpc) is 3.24. The fourth-order valence-corrected chi connectivity index (χ4v) is 4.43. The summed E-state index contributed by atoms with van der Waals surface area (Å²) in [5.41, 5.74) is 2.78. The van der Waals surface area contributed by atoms with Crippen LogP contribution in [-0.2, 0) is 12.2 Å². The van der Waals surface area contributed by atoms with Crippen LogP contribution in [0.3, 0.4) is 0 Å². The van der Waals surface area contributed by atoms with Gasteiger partial charge in [0.25, 0.3) is 5.56 Å². The lowest BCUT2D eigenvalue weighted by Gasteiger charge is -2.08. The molecule has 0 spiro atoms. The van der Waals surface area contributed by atoms with Gasteiger partial charge in [0.05, 0.1) is 5.69 Å². The van der Waals surface area contributed by atoms with Gasteiger partial charge in [-0.05, 0) is 32.4 Å². The minimum absolute atomic E-state index is 0.150. The molecule has 0 saturated heterocycles. The Labute approximate surface area is 164 Å². The summed E-state index contributed by atoms with van der Waals surface area (Å²) in [4.78, 5) is 17.5. The third-order valence-electron chi connectivity index (χ3n) is 4.08. The zero-order valence-electron chi connectivity index (χ0n) is 15.2.